The smallest absolute Gasteiger partial charge is 0.170 e. The van der Waals surface area contributed by atoms with Crippen molar-refractivity contribution >= 4 is 77.1 Å². The van der Waals surface area contributed by atoms with Gasteiger partial charge in [-0.05, 0) is 45.8 Å². The summed E-state index contributed by atoms with van der Waals surface area (Å²) in [4.78, 5) is 10.6. The number of rotatable bonds is 4. The number of hydrogen-bond acceptors (Lipinski definition) is 5. The minimum absolute atomic E-state index is 0.517. The van der Waals surface area contributed by atoms with Crippen LogP contribution in [-0.4, -0.2) is 11.7 Å². The van der Waals surface area contributed by atoms with Crippen LogP contribution in [-0.2, 0) is 0 Å². The summed E-state index contributed by atoms with van der Waals surface area (Å²) < 4.78 is 13.2. The summed E-state index contributed by atoms with van der Waals surface area (Å²) >= 11 is 0. The van der Waals surface area contributed by atoms with Gasteiger partial charge in [0.05, 0.1) is 0 Å². The predicted molar refractivity (Wildman–Crippen MR) is 213 cm³/mol. The first-order valence-corrected chi connectivity index (χ1v) is 17.5. The van der Waals surface area contributed by atoms with E-state index in [0.717, 1.165) is 94.1 Å². The summed E-state index contributed by atoms with van der Waals surface area (Å²) in [6, 6.07) is 56.8. The lowest BCUT2D eigenvalue weighted by molar-refractivity contribution is 0.664. The average Bonchev–Trinajstić information content (AvgIpc) is 3.79. The fourth-order valence-corrected chi connectivity index (χ4v) is 7.82. The summed E-state index contributed by atoms with van der Waals surface area (Å²) in [5.74, 6) is 1.55. The Morgan fingerprint density at radius 3 is 1.63 bits per heavy atom. The van der Waals surface area contributed by atoms with E-state index < -0.39 is 6.17 Å². The molecule has 0 aliphatic carbocycles. The lowest BCUT2D eigenvalue weighted by atomic mass is 9.98. The normalized spacial score (nSPS) is 13.7. The van der Waals surface area contributed by atoms with Crippen molar-refractivity contribution in [1.82, 2.24) is 5.32 Å². The van der Waals surface area contributed by atoms with E-state index in [0.29, 0.717) is 0 Å². The predicted octanol–water partition coefficient (Wildman–Crippen LogP) is 12.0. The number of nitrogens with one attached hydrogen (secondary N) is 1. The van der Waals surface area contributed by atoms with Crippen LogP contribution in [0.3, 0.4) is 0 Å². The second kappa shape index (κ2) is 11.3. The monoisotopic (exact) mass is 667 g/mol. The van der Waals surface area contributed by atoms with Crippen LogP contribution >= 0.6 is 0 Å². The molecule has 0 atom stereocenters. The summed E-state index contributed by atoms with van der Waals surface area (Å²) in [5, 5.41) is 12.5. The Morgan fingerprint density at radius 1 is 0.423 bits per heavy atom. The molecule has 2 aromatic heterocycles. The van der Waals surface area contributed by atoms with Crippen LogP contribution in [0.2, 0.25) is 0 Å². The first kappa shape index (κ1) is 28.8. The molecule has 3 heterocycles. The summed E-state index contributed by atoms with van der Waals surface area (Å²) in [7, 11) is 0. The van der Waals surface area contributed by atoms with E-state index in [2.05, 4.69) is 139 Å². The van der Waals surface area contributed by atoms with Gasteiger partial charge in [-0.3, -0.25) is 0 Å². The van der Waals surface area contributed by atoms with Crippen molar-refractivity contribution in [2.75, 3.05) is 0 Å². The molecule has 0 bridgehead atoms. The zero-order valence-electron chi connectivity index (χ0n) is 27.9. The zero-order valence-corrected chi connectivity index (χ0v) is 27.9. The molecule has 0 unspecified atom stereocenters. The summed E-state index contributed by atoms with van der Waals surface area (Å²) in [6.07, 6.45) is -0.517. The molecule has 1 aliphatic heterocycles. The number of furan rings is 2. The fourth-order valence-electron chi connectivity index (χ4n) is 7.82. The molecule has 11 rings (SSSR count). The van der Waals surface area contributed by atoms with Crippen molar-refractivity contribution in [3.8, 4) is 11.1 Å². The Bertz CT molecular complexity index is 3030. The van der Waals surface area contributed by atoms with Gasteiger partial charge in [-0.25, -0.2) is 9.98 Å². The highest BCUT2D eigenvalue weighted by atomic mass is 16.3. The van der Waals surface area contributed by atoms with Crippen LogP contribution in [0.1, 0.15) is 22.9 Å². The van der Waals surface area contributed by atoms with Crippen molar-refractivity contribution in [2.24, 2.45) is 9.98 Å². The highest BCUT2D eigenvalue weighted by Crippen LogP contribution is 2.43. The van der Waals surface area contributed by atoms with Crippen LogP contribution in [0.5, 0.6) is 0 Å². The van der Waals surface area contributed by atoms with Gasteiger partial charge in [-0.15, -0.1) is 0 Å². The van der Waals surface area contributed by atoms with Crippen LogP contribution in [0.4, 0.5) is 0 Å². The maximum absolute atomic E-state index is 6.76. The quantitative estimate of drug-likeness (QED) is 0.203. The second-order valence-corrected chi connectivity index (χ2v) is 13.4. The molecule has 0 radical (unpaired) electrons. The molecule has 0 saturated carbocycles. The average molecular weight is 668 g/mol. The lowest BCUT2D eigenvalue weighted by Gasteiger charge is -2.23. The van der Waals surface area contributed by atoms with E-state index in [-0.39, 0.29) is 0 Å². The Kier molecular flexibility index (Phi) is 6.25. The van der Waals surface area contributed by atoms with E-state index in [1.165, 1.54) is 10.8 Å². The number of hydrogen-bond donors (Lipinski definition) is 1. The fraction of sp³-hybridized carbons (Fsp3) is 0.0213. The zero-order chi connectivity index (χ0) is 34.2. The van der Waals surface area contributed by atoms with Crippen LogP contribution < -0.4 is 5.32 Å². The van der Waals surface area contributed by atoms with Gasteiger partial charge in [0, 0.05) is 49.4 Å². The van der Waals surface area contributed by atoms with Crippen molar-refractivity contribution in [2.45, 2.75) is 6.17 Å². The van der Waals surface area contributed by atoms with Gasteiger partial charge < -0.3 is 14.2 Å². The standard InChI is InChI=1S/C47H29N3O2/c1-3-12-30-26-32(24-22-28(30)10-1)45-48-46(33-25-23-29-11-2-4-13-31(29)27-33)50-47(49-45)39-19-9-21-41-42(39)38-18-8-17-37(44(38)52-41)36-16-7-15-35-34-14-5-6-20-40(34)51-43(35)36/h1-27,47H,(H,48,49,50). The molecule has 0 spiro atoms. The van der Waals surface area contributed by atoms with Crippen molar-refractivity contribution in [3.05, 3.63) is 180 Å². The first-order valence-electron chi connectivity index (χ1n) is 17.5. The minimum atomic E-state index is -0.517. The molecule has 1 N–H and O–H groups in total. The highest BCUT2D eigenvalue weighted by molar-refractivity contribution is 6.19. The van der Waals surface area contributed by atoms with E-state index >= 15 is 0 Å². The van der Waals surface area contributed by atoms with Gasteiger partial charge in [-0.1, -0.05) is 140 Å². The van der Waals surface area contributed by atoms with Gasteiger partial charge in [-0.2, -0.15) is 0 Å². The second-order valence-electron chi connectivity index (χ2n) is 13.4. The van der Waals surface area contributed by atoms with E-state index in [1.54, 1.807) is 0 Å². The number of fused-ring (bicyclic) bond motifs is 8. The molecule has 10 aromatic rings. The van der Waals surface area contributed by atoms with Crippen molar-refractivity contribution in [3.63, 3.8) is 0 Å². The molecule has 5 heteroatoms. The highest BCUT2D eigenvalue weighted by Gasteiger charge is 2.25. The topological polar surface area (TPSA) is 63.0 Å². The van der Waals surface area contributed by atoms with Gasteiger partial charge in [0.2, 0.25) is 0 Å². The number of aliphatic imine (C=N–C) groups is 2. The minimum Gasteiger partial charge on any atom is -0.455 e. The van der Waals surface area contributed by atoms with Crippen LogP contribution in [0.15, 0.2) is 183 Å². The van der Waals surface area contributed by atoms with Gasteiger partial charge in [0.15, 0.2) is 6.17 Å². The summed E-state index contributed by atoms with van der Waals surface area (Å²) in [6.45, 7) is 0. The molecule has 0 fully saturated rings. The largest absolute Gasteiger partial charge is 0.455 e. The molecule has 0 amide bonds. The molecule has 0 saturated heterocycles. The Morgan fingerprint density at radius 2 is 0.942 bits per heavy atom. The molecular weight excluding hydrogens is 639 g/mol. The third-order valence-electron chi connectivity index (χ3n) is 10.3. The molecule has 5 nitrogen and oxygen atoms in total. The van der Waals surface area contributed by atoms with Crippen molar-refractivity contribution < 1.29 is 8.83 Å². The summed E-state index contributed by atoms with van der Waals surface area (Å²) in [5.41, 5.74) is 8.28. The molecule has 52 heavy (non-hydrogen) atoms. The number of nitrogens with zero attached hydrogens (tertiary/aromatic N) is 2. The third kappa shape index (κ3) is 4.49. The van der Waals surface area contributed by atoms with E-state index in [4.69, 9.17) is 18.8 Å². The maximum atomic E-state index is 6.76. The molecule has 244 valence electrons. The SMILES string of the molecule is c1ccc2cc(C3=NC(c4cccc5oc6c(-c7cccc8c7oc7ccccc78)cccc6c45)N=C(c4ccc5ccccc5c4)N3)ccc2c1. The van der Waals surface area contributed by atoms with Gasteiger partial charge in [0.25, 0.3) is 0 Å². The molecule has 1 aliphatic rings. The number of amidine groups is 2. The first-order chi connectivity index (χ1) is 25.7. The van der Waals surface area contributed by atoms with E-state index in [9.17, 15) is 0 Å². The third-order valence-corrected chi connectivity index (χ3v) is 10.3. The Balaban J connectivity index is 1.11. The van der Waals surface area contributed by atoms with Crippen LogP contribution in [0, 0.1) is 0 Å². The molecule has 8 aromatic carbocycles. The van der Waals surface area contributed by atoms with Crippen molar-refractivity contribution in [1.29, 1.82) is 0 Å². The maximum Gasteiger partial charge on any atom is 0.170 e. The number of benzene rings is 8. The molecular formula is C47H29N3O2. The Hall–Kier alpha value is -6.98. The van der Waals surface area contributed by atoms with Gasteiger partial charge >= 0.3 is 0 Å². The van der Waals surface area contributed by atoms with Gasteiger partial charge in [0.1, 0.15) is 34.0 Å². The lowest BCUT2D eigenvalue weighted by Crippen LogP contribution is -2.36. The van der Waals surface area contributed by atoms with E-state index in [1.807, 2.05) is 30.3 Å². The van der Waals surface area contributed by atoms with Crippen LogP contribution in [0.25, 0.3) is 76.5 Å². The Labute approximate surface area is 298 Å². The number of para-hydroxylation sites is 3.